The molecule has 0 spiro atoms. The number of hydrogen-bond donors (Lipinski definition) is 2. The van der Waals surface area contributed by atoms with Gasteiger partial charge in [0.15, 0.2) is 5.65 Å². The van der Waals surface area contributed by atoms with E-state index in [0.717, 1.165) is 22.4 Å². The van der Waals surface area contributed by atoms with Gasteiger partial charge in [-0.3, -0.25) is 4.79 Å². The molecule has 5 aromatic rings. The number of nitrogens with zero attached hydrogens (tertiary/aromatic N) is 4. The van der Waals surface area contributed by atoms with Crippen LogP contribution in [0.25, 0.3) is 22.2 Å². The number of aromatic nitrogens is 3. The number of anilines is 2. The Labute approximate surface area is 190 Å². The van der Waals surface area contributed by atoms with Gasteiger partial charge in [0, 0.05) is 5.69 Å². The molecule has 0 aliphatic heterocycles. The molecule has 0 fully saturated rings. The van der Waals surface area contributed by atoms with Crippen molar-refractivity contribution in [2.75, 3.05) is 11.1 Å². The Morgan fingerprint density at radius 1 is 0.970 bits per heavy atom. The number of benzene rings is 3. The maximum atomic E-state index is 13.4. The zero-order chi connectivity index (χ0) is 22.9. The van der Waals surface area contributed by atoms with E-state index < -0.39 is 0 Å². The van der Waals surface area contributed by atoms with Gasteiger partial charge in [-0.2, -0.15) is 9.78 Å². The second-order valence-electron chi connectivity index (χ2n) is 7.88. The number of rotatable bonds is 4. The lowest BCUT2D eigenvalue weighted by Gasteiger charge is -2.09. The molecule has 2 heterocycles. The van der Waals surface area contributed by atoms with Crippen molar-refractivity contribution in [1.29, 1.82) is 0 Å². The third-order valence-corrected chi connectivity index (χ3v) is 5.46. The smallest absolute Gasteiger partial charge is 0.261 e. The quantitative estimate of drug-likeness (QED) is 0.392. The summed E-state index contributed by atoms with van der Waals surface area (Å²) in [4.78, 5) is 22.8. The average molecular weight is 435 g/mol. The van der Waals surface area contributed by atoms with E-state index in [9.17, 15) is 4.79 Å². The van der Waals surface area contributed by atoms with Crippen LogP contribution in [0.5, 0.6) is 0 Å². The summed E-state index contributed by atoms with van der Waals surface area (Å²) >= 11 is 0. The number of carbonyl (C=O) groups excluding carboxylic acids is 1. The largest absolute Gasteiger partial charge is 0.383 e. The normalized spacial score (nSPS) is 11.5. The van der Waals surface area contributed by atoms with Crippen molar-refractivity contribution < 1.29 is 4.79 Å². The Morgan fingerprint density at radius 3 is 2.42 bits per heavy atom. The number of nitrogen functional groups attached to an aromatic ring is 1. The van der Waals surface area contributed by atoms with Crippen LogP contribution in [0.4, 0.5) is 11.5 Å². The van der Waals surface area contributed by atoms with Crippen molar-refractivity contribution in [2.24, 2.45) is 5.10 Å². The van der Waals surface area contributed by atoms with E-state index in [4.69, 9.17) is 15.7 Å². The Balaban J connectivity index is 1.68. The fraction of sp³-hybridized carbons (Fsp3) is 0.0769. The van der Waals surface area contributed by atoms with Crippen LogP contribution >= 0.6 is 0 Å². The lowest BCUT2D eigenvalue weighted by Crippen LogP contribution is -2.15. The number of nitrogens with one attached hydrogen (secondary N) is 1. The fourth-order valence-electron chi connectivity index (χ4n) is 3.71. The van der Waals surface area contributed by atoms with Crippen LogP contribution in [0.2, 0.25) is 0 Å². The molecule has 3 aromatic carbocycles. The molecule has 7 heteroatoms. The zero-order valence-corrected chi connectivity index (χ0v) is 18.3. The summed E-state index contributed by atoms with van der Waals surface area (Å²) in [5.74, 6) is -0.181. The maximum Gasteiger partial charge on any atom is 0.261 e. The van der Waals surface area contributed by atoms with E-state index in [2.05, 4.69) is 10.4 Å². The summed E-state index contributed by atoms with van der Waals surface area (Å²) in [5, 5.41) is 7.52. The van der Waals surface area contributed by atoms with E-state index in [1.165, 1.54) is 4.68 Å². The van der Waals surface area contributed by atoms with E-state index in [-0.39, 0.29) is 17.3 Å². The molecule has 5 rings (SSSR count). The molecule has 0 radical (unpaired) electrons. The molecular weight excluding hydrogens is 412 g/mol. The van der Waals surface area contributed by atoms with Crippen molar-refractivity contribution in [2.45, 2.75) is 13.8 Å². The molecule has 0 unspecified atom stereocenters. The summed E-state index contributed by atoms with van der Waals surface area (Å²) in [6, 6.07) is 23.0. The van der Waals surface area contributed by atoms with E-state index >= 15 is 0 Å². The molecule has 0 aliphatic rings. The van der Waals surface area contributed by atoms with Crippen LogP contribution < -0.4 is 11.1 Å². The highest BCUT2D eigenvalue weighted by molar-refractivity contribution is 6.16. The van der Waals surface area contributed by atoms with Gasteiger partial charge in [-0.1, -0.05) is 54.6 Å². The van der Waals surface area contributed by atoms with E-state index in [1.807, 2.05) is 86.6 Å². The Hall–Kier alpha value is -4.52. The predicted octanol–water partition coefficient (Wildman–Crippen LogP) is 4.92. The van der Waals surface area contributed by atoms with Crippen molar-refractivity contribution in [3.05, 3.63) is 95.1 Å². The Morgan fingerprint density at radius 2 is 1.67 bits per heavy atom. The van der Waals surface area contributed by atoms with Gasteiger partial charge >= 0.3 is 0 Å². The van der Waals surface area contributed by atoms with Crippen molar-refractivity contribution in [3.63, 3.8) is 0 Å². The van der Waals surface area contributed by atoms with Gasteiger partial charge < -0.3 is 11.1 Å². The molecule has 0 atom stereocenters. The summed E-state index contributed by atoms with van der Waals surface area (Å²) < 4.78 is 1.47. The molecule has 0 saturated heterocycles. The molecule has 7 nitrogen and oxygen atoms in total. The highest BCUT2D eigenvalue weighted by atomic mass is 16.1. The van der Waals surface area contributed by atoms with Gasteiger partial charge in [0.25, 0.3) is 5.91 Å². The SMILES string of the molecule is Cc1ccc(C)c(NC(=O)c2c(N)n(N=Cc3ccccc3)c3nc4ccccc4nc23)c1. The monoisotopic (exact) mass is 434 g/mol. The number of hydrogen-bond acceptors (Lipinski definition) is 5. The first-order valence-corrected chi connectivity index (χ1v) is 10.6. The number of aryl methyl sites for hydroxylation is 2. The topological polar surface area (TPSA) is 98.2 Å². The van der Waals surface area contributed by atoms with Gasteiger partial charge in [0.2, 0.25) is 0 Å². The van der Waals surface area contributed by atoms with Gasteiger partial charge in [0.1, 0.15) is 16.9 Å². The minimum absolute atomic E-state index is 0.176. The standard InChI is InChI=1S/C26H22N6O/c1-16-12-13-17(2)21(14-16)31-26(33)22-23-25(30-20-11-7-6-10-19(20)29-23)32(24(22)27)28-15-18-8-4-3-5-9-18/h3-15H,27H2,1-2H3,(H,31,33). The highest BCUT2D eigenvalue weighted by Crippen LogP contribution is 2.29. The second-order valence-corrected chi connectivity index (χ2v) is 7.88. The molecule has 2 aromatic heterocycles. The minimum Gasteiger partial charge on any atom is -0.383 e. The van der Waals surface area contributed by atoms with Crippen molar-refractivity contribution in [3.8, 4) is 0 Å². The molecule has 0 bridgehead atoms. The van der Waals surface area contributed by atoms with E-state index in [0.29, 0.717) is 22.2 Å². The Kier molecular flexibility index (Phi) is 5.06. The Bertz CT molecular complexity index is 1540. The summed E-state index contributed by atoms with van der Waals surface area (Å²) in [7, 11) is 0. The van der Waals surface area contributed by atoms with E-state index in [1.54, 1.807) is 6.21 Å². The summed E-state index contributed by atoms with van der Waals surface area (Å²) in [5.41, 5.74) is 12.5. The lowest BCUT2D eigenvalue weighted by molar-refractivity contribution is 0.102. The molecule has 0 aliphatic carbocycles. The number of carbonyl (C=O) groups is 1. The third-order valence-electron chi connectivity index (χ3n) is 5.46. The van der Waals surface area contributed by atoms with Crippen LogP contribution in [0, 0.1) is 13.8 Å². The van der Waals surface area contributed by atoms with Crippen molar-refractivity contribution in [1.82, 2.24) is 14.6 Å². The zero-order valence-electron chi connectivity index (χ0n) is 18.3. The number of nitrogens with two attached hydrogens (primary N) is 1. The second kappa shape index (κ2) is 8.20. The molecular formula is C26H22N6O. The van der Waals surface area contributed by atoms with Gasteiger partial charge in [-0.15, -0.1) is 0 Å². The number of fused-ring (bicyclic) bond motifs is 2. The predicted molar refractivity (Wildman–Crippen MR) is 133 cm³/mol. The maximum absolute atomic E-state index is 13.4. The first kappa shape index (κ1) is 20.4. The minimum atomic E-state index is -0.357. The lowest BCUT2D eigenvalue weighted by atomic mass is 10.1. The van der Waals surface area contributed by atoms with Gasteiger partial charge in [0.05, 0.1) is 17.2 Å². The highest BCUT2D eigenvalue weighted by Gasteiger charge is 2.24. The summed E-state index contributed by atoms with van der Waals surface area (Å²) in [6.07, 6.45) is 1.68. The number of amides is 1. The molecule has 0 saturated carbocycles. The van der Waals surface area contributed by atoms with Crippen LogP contribution in [0.3, 0.4) is 0 Å². The third kappa shape index (κ3) is 3.80. The van der Waals surface area contributed by atoms with Crippen molar-refractivity contribution >= 4 is 45.8 Å². The first-order valence-electron chi connectivity index (χ1n) is 10.6. The van der Waals surface area contributed by atoms with Crippen LogP contribution in [-0.2, 0) is 0 Å². The van der Waals surface area contributed by atoms with Crippen LogP contribution in [0.15, 0.2) is 77.9 Å². The van der Waals surface area contributed by atoms with Gasteiger partial charge in [-0.05, 0) is 48.7 Å². The number of para-hydroxylation sites is 2. The summed E-state index contributed by atoms with van der Waals surface area (Å²) in [6.45, 7) is 3.92. The van der Waals surface area contributed by atoms with Crippen LogP contribution in [0.1, 0.15) is 27.0 Å². The molecule has 33 heavy (non-hydrogen) atoms. The van der Waals surface area contributed by atoms with Crippen LogP contribution in [-0.4, -0.2) is 26.8 Å². The fourth-order valence-corrected chi connectivity index (χ4v) is 3.71. The molecule has 1 amide bonds. The van der Waals surface area contributed by atoms with Gasteiger partial charge in [-0.25, -0.2) is 9.97 Å². The first-order chi connectivity index (χ1) is 16.0. The average Bonchev–Trinajstić information content (AvgIpc) is 3.09. The molecule has 3 N–H and O–H groups in total. The molecule has 162 valence electrons.